The summed E-state index contributed by atoms with van der Waals surface area (Å²) in [5, 5.41) is 0. The van der Waals surface area contributed by atoms with Crippen molar-refractivity contribution < 1.29 is 8.39 Å². The summed E-state index contributed by atoms with van der Waals surface area (Å²) in [5.41, 5.74) is 0. The molecule has 0 amide bonds. The van der Waals surface area contributed by atoms with Gasteiger partial charge in [0.15, 0.2) is 11.1 Å². The Morgan fingerprint density at radius 3 is 1.25 bits per heavy atom. The van der Waals surface area contributed by atoms with Gasteiger partial charge in [-0.1, -0.05) is 43.8 Å². The molecule has 1 aromatic rings. The minimum absolute atomic E-state index is 0. The molecule has 0 spiro atoms. The fourth-order valence-electron chi connectivity index (χ4n) is 0.385. The zero-order valence-corrected chi connectivity index (χ0v) is 7.51. The molecule has 70 valence electrons. The van der Waals surface area contributed by atoms with E-state index in [4.69, 9.17) is 0 Å². The third-order valence-corrected chi connectivity index (χ3v) is 1.37. The quantitative estimate of drug-likeness (QED) is 0.675. The summed E-state index contributed by atoms with van der Waals surface area (Å²) in [6.07, 6.45) is 1.47. The largest absolute Gasteiger partial charge is 0.294 e. The van der Waals surface area contributed by atoms with Crippen molar-refractivity contribution in [3.05, 3.63) is 36.4 Å². The van der Waals surface area contributed by atoms with Crippen molar-refractivity contribution in [1.82, 2.24) is 0 Å². The highest BCUT2D eigenvalue weighted by atomic mass is 32.2. The number of hydrogen-bond donors (Lipinski definition) is 0. The molecule has 3 heteroatoms. The molecule has 0 aliphatic heterocycles. The van der Waals surface area contributed by atoms with Crippen LogP contribution in [-0.2, 0) is 15.3 Å². The van der Waals surface area contributed by atoms with Gasteiger partial charge in [0.05, 0.1) is 7.11 Å². The van der Waals surface area contributed by atoms with Gasteiger partial charge in [0, 0.05) is 6.26 Å². The molecular formula is C9H16O2S. The van der Waals surface area contributed by atoms with Crippen LogP contribution in [0.2, 0.25) is 0 Å². The monoisotopic (exact) mass is 188 g/mol. The van der Waals surface area contributed by atoms with Gasteiger partial charge in [0.25, 0.3) is 0 Å². The molecule has 1 rings (SSSR count). The maximum Gasteiger partial charge on any atom is 0.151 e. The van der Waals surface area contributed by atoms with Crippen LogP contribution in [0.5, 0.6) is 0 Å². The number of benzene rings is 1. The molecule has 0 saturated heterocycles. The van der Waals surface area contributed by atoms with Gasteiger partial charge in [-0.3, -0.25) is 4.18 Å². The van der Waals surface area contributed by atoms with E-state index in [1.807, 2.05) is 36.4 Å². The third kappa shape index (κ3) is 12.0. The molecule has 0 aliphatic rings. The normalized spacial score (nSPS) is 10.2. The number of rotatable bonds is 1. The van der Waals surface area contributed by atoms with Gasteiger partial charge in [-0.2, -0.15) is 0 Å². The van der Waals surface area contributed by atoms with Gasteiger partial charge < -0.3 is 0 Å². The van der Waals surface area contributed by atoms with Crippen molar-refractivity contribution >= 4 is 11.1 Å². The SMILES string of the molecule is C.COS(C)=O.c1ccccc1. The second kappa shape index (κ2) is 10.3. The molecule has 1 aromatic carbocycles. The van der Waals surface area contributed by atoms with Crippen LogP contribution >= 0.6 is 0 Å². The van der Waals surface area contributed by atoms with Crippen LogP contribution in [-0.4, -0.2) is 17.6 Å². The summed E-state index contributed by atoms with van der Waals surface area (Å²) >= 11 is -1.07. The molecule has 0 saturated carbocycles. The highest BCUT2D eigenvalue weighted by Gasteiger charge is 1.72. The van der Waals surface area contributed by atoms with Gasteiger partial charge in [-0.25, -0.2) is 4.21 Å². The Bertz CT molecular complexity index is 160. The lowest BCUT2D eigenvalue weighted by Gasteiger charge is -1.78. The fraction of sp³-hybridized carbons (Fsp3) is 0.333. The van der Waals surface area contributed by atoms with Crippen LogP contribution in [0.25, 0.3) is 0 Å². The summed E-state index contributed by atoms with van der Waals surface area (Å²) in [6, 6.07) is 12.0. The standard InChI is InChI=1S/C6H6.C2H6O2S.CH4/c1-2-4-6-5-3-1;1-4-5(2)3;/h1-6H;1-2H3;1H4. The van der Waals surface area contributed by atoms with Crippen LogP contribution in [0.15, 0.2) is 36.4 Å². The molecule has 0 fully saturated rings. The predicted octanol–water partition coefficient (Wildman–Crippen LogP) is 2.25. The van der Waals surface area contributed by atoms with E-state index >= 15 is 0 Å². The minimum atomic E-state index is -1.07. The van der Waals surface area contributed by atoms with E-state index in [0.29, 0.717) is 0 Å². The summed E-state index contributed by atoms with van der Waals surface area (Å²) < 4.78 is 13.9. The van der Waals surface area contributed by atoms with E-state index < -0.39 is 11.1 Å². The highest BCUT2D eigenvalue weighted by molar-refractivity contribution is 7.79. The van der Waals surface area contributed by atoms with Gasteiger partial charge in [0.1, 0.15) is 0 Å². The van der Waals surface area contributed by atoms with Crippen molar-refractivity contribution in [2.75, 3.05) is 13.4 Å². The molecule has 0 radical (unpaired) electrons. The van der Waals surface area contributed by atoms with Crippen LogP contribution in [0.4, 0.5) is 0 Å². The Morgan fingerprint density at radius 2 is 1.17 bits per heavy atom. The van der Waals surface area contributed by atoms with E-state index in [-0.39, 0.29) is 7.43 Å². The molecular weight excluding hydrogens is 172 g/mol. The highest BCUT2D eigenvalue weighted by Crippen LogP contribution is 1.79. The second-order valence-corrected chi connectivity index (χ2v) is 2.86. The Kier molecular flexibility index (Phi) is 12.0. The van der Waals surface area contributed by atoms with E-state index in [1.165, 1.54) is 13.4 Å². The van der Waals surface area contributed by atoms with Crippen LogP contribution in [0.1, 0.15) is 7.43 Å². The van der Waals surface area contributed by atoms with E-state index in [9.17, 15) is 4.21 Å². The van der Waals surface area contributed by atoms with Crippen molar-refractivity contribution in [3.63, 3.8) is 0 Å². The first-order valence-corrected chi connectivity index (χ1v) is 4.63. The third-order valence-electron chi connectivity index (χ3n) is 0.901. The molecule has 0 heterocycles. The molecule has 1 unspecified atom stereocenters. The van der Waals surface area contributed by atoms with Crippen molar-refractivity contribution in [3.8, 4) is 0 Å². The maximum absolute atomic E-state index is 9.70. The lowest BCUT2D eigenvalue weighted by Crippen LogP contribution is -1.83. The van der Waals surface area contributed by atoms with E-state index in [2.05, 4.69) is 4.18 Å². The first kappa shape index (κ1) is 13.9. The molecule has 0 bridgehead atoms. The summed E-state index contributed by atoms with van der Waals surface area (Å²) in [7, 11) is 1.40. The Hall–Kier alpha value is -0.670. The first-order chi connectivity index (χ1) is 5.27. The molecule has 0 aliphatic carbocycles. The summed E-state index contributed by atoms with van der Waals surface area (Å²) in [4.78, 5) is 0. The first-order valence-electron chi connectivity index (χ1n) is 3.15. The van der Waals surface area contributed by atoms with Crippen LogP contribution in [0, 0.1) is 0 Å². The van der Waals surface area contributed by atoms with Gasteiger partial charge in [-0.15, -0.1) is 0 Å². The Balaban J connectivity index is 0. The second-order valence-electron chi connectivity index (χ2n) is 1.72. The lowest BCUT2D eigenvalue weighted by molar-refractivity contribution is 0.450. The smallest absolute Gasteiger partial charge is 0.151 e. The average Bonchev–Trinajstić information content (AvgIpc) is 2.09. The minimum Gasteiger partial charge on any atom is -0.294 e. The summed E-state index contributed by atoms with van der Waals surface area (Å²) in [6.45, 7) is 0. The van der Waals surface area contributed by atoms with Crippen LogP contribution in [0.3, 0.4) is 0 Å². The zero-order valence-electron chi connectivity index (χ0n) is 6.69. The van der Waals surface area contributed by atoms with Crippen molar-refractivity contribution in [2.24, 2.45) is 0 Å². The zero-order chi connectivity index (χ0) is 8.53. The summed E-state index contributed by atoms with van der Waals surface area (Å²) in [5.74, 6) is 0. The predicted molar refractivity (Wildman–Crippen MR) is 54.2 cm³/mol. The average molecular weight is 188 g/mol. The van der Waals surface area contributed by atoms with Gasteiger partial charge >= 0.3 is 0 Å². The van der Waals surface area contributed by atoms with E-state index in [0.717, 1.165) is 0 Å². The number of hydrogen-bond acceptors (Lipinski definition) is 2. The Labute approximate surface area is 77.2 Å². The molecule has 12 heavy (non-hydrogen) atoms. The van der Waals surface area contributed by atoms with Gasteiger partial charge in [0.2, 0.25) is 0 Å². The topological polar surface area (TPSA) is 26.3 Å². The lowest BCUT2D eigenvalue weighted by atomic mass is 10.4. The van der Waals surface area contributed by atoms with E-state index in [1.54, 1.807) is 0 Å². The molecule has 0 N–H and O–H groups in total. The van der Waals surface area contributed by atoms with Crippen LogP contribution < -0.4 is 0 Å². The maximum atomic E-state index is 9.70. The molecule has 0 aromatic heterocycles. The van der Waals surface area contributed by atoms with Crippen molar-refractivity contribution in [1.29, 1.82) is 0 Å². The van der Waals surface area contributed by atoms with Crippen molar-refractivity contribution in [2.45, 2.75) is 7.43 Å². The molecule has 2 nitrogen and oxygen atoms in total. The fourth-order valence-corrected chi connectivity index (χ4v) is 0.385. The Morgan fingerprint density at radius 1 is 1.00 bits per heavy atom. The molecule has 1 atom stereocenters. The van der Waals surface area contributed by atoms with Gasteiger partial charge in [-0.05, 0) is 0 Å².